The van der Waals surface area contributed by atoms with E-state index in [1.807, 2.05) is 0 Å². The quantitative estimate of drug-likeness (QED) is 0.469. The van der Waals surface area contributed by atoms with Gasteiger partial charge in [-0.05, 0) is 55.4 Å². The third-order valence-electron chi connectivity index (χ3n) is 6.60. The molecule has 1 aromatic heterocycles. The van der Waals surface area contributed by atoms with Gasteiger partial charge in [-0.25, -0.2) is 4.98 Å². The zero-order valence-corrected chi connectivity index (χ0v) is 18.9. The Balaban J connectivity index is 1.95. The summed E-state index contributed by atoms with van der Waals surface area (Å²) < 4.78 is 45.1. The van der Waals surface area contributed by atoms with Crippen molar-refractivity contribution < 1.29 is 37.7 Å². The number of halogens is 3. The molecule has 1 aliphatic rings. The molecule has 2 aromatic rings. The summed E-state index contributed by atoms with van der Waals surface area (Å²) in [7, 11) is 0. The van der Waals surface area contributed by atoms with Crippen LogP contribution in [0.2, 0.25) is 0 Å². The largest absolute Gasteiger partial charge is 0.481 e. The van der Waals surface area contributed by atoms with Crippen molar-refractivity contribution in [2.75, 3.05) is 13.2 Å². The number of benzene rings is 1. The summed E-state index contributed by atoms with van der Waals surface area (Å²) in [6.07, 6.45) is -0.304. The molecule has 0 aliphatic heterocycles. The fourth-order valence-corrected chi connectivity index (χ4v) is 4.45. The highest BCUT2D eigenvalue weighted by Crippen LogP contribution is 2.44. The van der Waals surface area contributed by atoms with Gasteiger partial charge in [-0.2, -0.15) is 13.2 Å². The number of alkyl halides is 3. The van der Waals surface area contributed by atoms with Crippen molar-refractivity contribution >= 4 is 11.8 Å². The van der Waals surface area contributed by atoms with Crippen LogP contribution in [-0.2, 0) is 11.0 Å². The number of hydrogen-bond acceptors (Lipinski definition) is 5. The Bertz CT molecular complexity index is 1030. The number of aliphatic carboxylic acids is 1. The second-order valence-corrected chi connectivity index (χ2v) is 8.76. The van der Waals surface area contributed by atoms with Crippen LogP contribution in [0.3, 0.4) is 0 Å². The van der Waals surface area contributed by atoms with Crippen LogP contribution < -0.4 is 4.74 Å². The molecule has 1 heterocycles. The molecule has 1 fully saturated rings. The maximum absolute atomic E-state index is 13.2. The molecule has 0 amide bonds. The number of carbonyl (C=O) groups excluding carboxylic acids is 1. The van der Waals surface area contributed by atoms with E-state index in [4.69, 9.17) is 9.84 Å². The number of aromatic nitrogens is 1. The molecule has 0 spiro atoms. The van der Waals surface area contributed by atoms with Crippen LogP contribution in [0.25, 0.3) is 11.1 Å². The number of hydrogen-bond donors (Lipinski definition) is 2. The lowest BCUT2D eigenvalue weighted by Crippen LogP contribution is -2.37. The number of carboxylic acid groups (broad SMARTS) is 1. The second-order valence-electron chi connectivity index (χ2n) is 8.76. The lowest BCUT2D eigenvalue weighted by Gasteiger charge is -2.36. The number of Topliss-reactive ketones (excluding diaryl/α,β-unsaturated/α-hetero) is 1. The first kappa shape index (κ1) is 25.7. The predicted octanol–water partition coefficient (Wildman–Crippen LogP) is 5.38. The van der Waals surface area contributed by atoms with E-state index in [1.54, 1.807) is 0 Å². The maximum Gasteiger partial charge on any atom is 0.416 e. The molecule has 1 saturated carbocycles. The van der Waals surface area contributed by atoms with Crippen LogP contribution in [0.4, 0.5) is 13.2 Å². The Morgan fingerprint density at radius 2 is 1.91 bits per heavy atom. The first-order valence-electron chi connectivity index (χ1n) is 11.3. The van der Waals surface area contributed by atoms with E-state index in [9.17, 15) is 27.9 Å². The van der Waals surface area contributed by atoms with Gasteiger partial charge in [-0.15, -0.1) is 0 Å². The molecule has 0 bridgehead atoms. The zero-order valence-electron chi connectivity index (χ0n) is 18.9. The number of ketones is 1. The highest BCUT2D eigenvalue weighted by Gasteiger charge is 2.43. The first-order chi connectivity index (χ1) is 16.1. The summed E-state index contributed by atoms with van der Waals surface area (Å²) in [5.41, 5.74) is -1.63. The van der Waals surface area contributed by atoms with Gasteiger partial charge in [0.05, 0.1) is 17.6 Å². The normalized spacial score (nSPS) is 20.7. The van der Waals surface area contributed by atoms with E-state index < -0.39 is 28.9 Å². The van der Waals surface area contributed by atoms with Gasteiger partial charge in [0.15, 0.2) is 5.78 Å². The van der Waals surface area contributed by atoms with Crippen molar-refractivity contribution in [1.82, 2.24) is 4.98 Å². The van der Waals surface area contributed by atoms with Crippen LogP contribution in [0, 0.1) is 11.3 Å². The van der Waals surface area contributed by atoms with E-state index in [1.165, 1.54) is 24.4 Å². The number of carboxylic acids is 1. The summed E-state index contributed by atoms with van der Waals surface area (Å²) in [6.45, 7) is 1.60. The van der Waals surface area contributed by atoms with Gasteiger partial charge in [0.25, 0.3) is 0 Å². The fourth-order valence-electron chi connectivity index (χ4n) is 4.45. The van der Waals surface area contributed by atoms with Crippen LogP contribution in [-0.4, -0.2) is 40.2 Å². The first-order valence-corrected chi connectivity index (χ1v) is 11.3. The highest BCUT2D eigenvalue weighted by molar-refractivity contribution is 5.99. The van der Waals surface area contributed by atoms with Gasteiger partial charge in [0, 0.05) is 23.7 Å². The Morgan fingerprint density at radius 3 is 2.50 bits per heavy atom. The Kier molecular flexibility index (Phi) is 7.97. The molecule has 2 N–H and O–H groups in total. The maximum atomic E-state index is 13.2. The van der Waals surface area contributed by atoms with Gasteiger partial charge >= 0.3 is 12.1 Å². The molecule has 6 nitrogen and oxygen atoms in total. The summed E-state index contributed by atoms with van der Waals surface area (Å²) in [6, 6.07) is 5.93. The Labute approximate surface area is 195 Å². The van der Waals surface area contributed by atoms with Gasteiger partial charge in [-0.3, -0.25) is 9.59 Å². The molecule has 9 heteroatoms. The van der Waals surface area contributed by atoms with Crippen LogP contribution in [0.5, 0.6) is 5.88 Å². The van der Waals surface area contributed by atoms with Crippen LogP contribution >= 0.6 is 0 Å². The molecule has 0 saturated heterocycles. The molecular formula is C25H28F3NO5. The second kappa shape index (κ2) is 10.5. The van der Waals surface area contributed by atoms with E-state index in [-0.39, 0.29) is 42.2 Å². The molecule has 0 atom stereocenters. The van der Waals surface area contributed by atoms with E-state index in [0.717, 1.165) is 31.4 Å². The molecule has 1 aliphatic carbocycles. The van der Waals surface area contributed by atoms with E-state index in [0.29, 0.717) is 18.8 Å². The van der Waals surface area contributed by atoms with Crippen molar-refractivity contribution in [2.24, 2.45) is 11.3 Å². The van der Waals surface area contributed by atoms with Crippen molar-refractivity contribution in [1.29, 1.82) is 0 Å². The van der Waals surface area contributed by atoms with Crippen LogP contribution in [0.1, 0.15) is 61.4 Å². The number of rotatable bonds is 9. The van der Waals surface area contributed by atoms with Gasteiger partial charge in [0.1, 0.15) is 6.61 Å². The summed E-state index contributed by atoms with van der Waals surface area (Å²) in [5.74, 6) is -1.03. The molecular weight excluding hydrogens is 451 g/mol. The Hall–Kier alpha value is -2.94. The third kappa shape index (κ3) is 5.75. The summed E-state index contributed by atoms with van der Waals surface area (Å²) >= 11 is 0. The zero-order chi connectivity index (χ0) is 24.9. The minimum Gasteiger partial charge on any atom is -0.481 e. The number of aliphatic hydroxyl groups is 1. The summed E-state index contributed by atoms with van der Waals surface area (Å²) in [4.78, 5) is 29.4. The number of ether oxygens (including phenoxy) is 1. The smallest absolute Gasteiger partial charge is 0.416 e. The molecule has 3 rings (SSSR count). The van der Waals surface area contributed by atoms with Gasteiger partial charge < -0.3 is 14.9 Å². The molecule has 0 unspecified atom stereocenters. The lowest BCUT2D eigenvalue weighted by molar-refractivity contribution is -0.151. The summed E-state index contributed by atoms with van der Waals surface area (Å²) in [5, 5.41) is 19.0. The highest BCUT2D eigenvalue weighted by atomic mass is 19.4. The topological polar surface area (TPSA) is 96.7 Å². The molecule has 0 radical (unpaired) electrons. The average Bonchev–Trinajstić information content (AvgIpc) is 2.82. The van der Waals surface area contributed by atoms with Crippen molar-refractivity contribution in [2.45, 2.75) is 51.6 Å². The minimum absolute atomic E-state index is 0.0265. The van der Waals surface area contributed by atoms with Crippen molar-refractivity contribution in [3.8, 4) is 17.0 Å². The van der Waals surface area contributed by atoms with Crippen molar-refractivity contribution in [3.63, 3.8) is 0 Å². The standard InChI is InChI=1S/C25H28F3NO5/c1-2-16-6-8-24(9-7-16,23(32)33)14-21(31)18-13-20(22(29-15-18)34-11-10-30)17-4-3-5-19(12-17)25(26,27)28/h3-5,12-13,15-16,30H,2,6-11,14H2,1H3,(H,32,33). The number of nitrogens with zero attached hydrogens (tertiary/aromatic N) is 1. The van der Waals surface area contributed by atoms with Gasteiger partial charge in [0.2, 0.25) is 5.88 Å². The molecule has 1 aromatic carbocycles. The van der Waals surface area contributed by atoms with Gasteiger partial charge in [-0.1, -0.05) is 25.5 Å². The third-order valence-corrected chi connectivity index (χ3v) is 6.60. The average molecular weight is 479 g/mol. The number of pyridine rings is 1. The molecule has 184 valence electrons. The molecule has 34 heavy (non-hydrogen) atoms. The lowest BCUT2D eigenvalue weighted by atomic mass is 9.67. The fraction of sp³-hybridized carbons (Fsp3) is 0.480. The predicted molar refractivity (Wildman–Crippen MR) is 119 cm³/mol. The number of aliphatic hydroxyl groups excluding tert-OH is 1. The van der Waals surface area contributed by atoms with E-state index >= 15 is 0 Å². The van der Waals surface area contributed by atoms with Crippen molar-refractivity contribution in [3.05, 3.63) is 47.7 Å². The monoisotopic (exact) mass is 479 g/mol. The Morgan fingerprint density at radius 1 is 1.21 bits per heavy atom. The number of carbonyl (C=O) groups is 2. The van der Waals surface area contributed by atoms with E-state index in [2.05, 4.69) is 11.9 Å². The SMILES string of the molecule is CCC1CCC(CC(=O)c2cnc(OCCO)c(-c3cccc(C(F)(F)F)c3)c2)(C(=O)O)CC1. The van der Waals surface area contributed by atoms with Crippen LogP contribution in [0.15, 0.2) is 36.5 Å². The minimum atomic E-state index is -4.56.